The summed E-state index contributed by atoms with van der Waals surface area (Å²) in [4.78, 5) is 22.5. The first kappa shape index (κ1) is 15.5. The average Bonchev–Trinajstić information content (AvgIpc) is 2.53. The summed E-state index contributed by atoms with van der Waals surface area (Å²) in [5, 5.41) is 11.2. The van der Waals surface area contributed by atoms with Crippen LogP contribution in [-0.4, -0.2) is 24.0 Å². The largest absolute Gasteiger partial charge is 0.488 e. The molecule has 0 aliphatic rings. The molecule has 0 fully saturated rings. The molecule has 0 aliphatic carbocycles. The van der Waals surface area contributed by atoms with Gasteiger partial charge in [-0.05, 0) is 35.9 Å². The molecule has 0 aromatic heterocycles. The molecule has 0 aliphatic heterocycles. The van der Waals surface area contributed by atoms with E-state index >= 15 is 0 Å². The van der Waals surface area contributed by atoms with Crippen molar-refractivity contribution in [3.8, 4) is 5.75 Å². The van der Waals surface area contributed by atoms with Gasteiger partial charge in [-0.25, -0.2) is 9.18 Å². The highest BCUT2D eigenvalue weighted by Gasteiger charge is 2.12. The zero-order chi connectivity index (χ0) is 16.1. The van der Waals surface area contributed by atoms with Gasteiger partial charge in [-0.15, -0.1) is 0 Å². The van der Waals surface area contributed by atoms with Gasteiger partial charge in [0, 0.05) is 7.05 Å². The molecule has 0 atom stereocenters. The number of carboxylic acids is 1. The number of hydrogen-bond acceptors (Lipinski definition) is 3. The Hall–Kier alpha value is -2.89. The van der Waals surface area contributed by atoms with Gasteiger partial charge in [0.1, 0.15) is 18.2 Å². The van der Waals surface area contributed by atoms with Gasteiger partial charge in [0.25, 0.3) is 5.91 Å². The van der Waals surface area contributed by atoms with Gasteiger partial charge in [0.15, 0.2) is 0 Å². The molecule has 22 heavy (non-hydrogen) atoms. The number of hydrogen-bond donors (Lipinski definition) is 2. The second kappa shape index (κ2) is 6.71. The molecule has 6 heteroatoms. The molecule has 0 bridgehead atoms. The number of carbonyl (C=O) groups is 2. The van der Waals surface area contributed by atoms with E-state index in [4.69, 9.17) is 9.84 Å². The van der Waals surface area contributed by atoms with Crippen molar-refractivity contribution in [2.45, 2.75) is 6.61 Å². The van der Waals surface area contributed by atoms with Gasteiger partial charge in [0.2, 0.25) is 0 Å². The maximum absolute atomic E-state index is 13.2. The predicted octanol–water partition coefficient (Wildman–Crippen LogP) is 2.46. The normalized spacial score (nSPS) is 10.1. The predicted molar refractivity (Wildman–Crippen MR) is 77.5 cm³/mol. The minimum Gasteiger partial charge on any atom is -0.488 e. The van der Waals surface area contributed by atoms with Gasteiger partial charge < -0.3 is 15.2 Å². The summed E-state index contributed by atoms with van der Waals surface area (Å²) in [5.74, 6) is -1.73. The van der Waals surface area contributed by atoms with Crippen LogP contribution in [0, 0.1) is 5.82 Å². The van der Waals surface area contributed by atoms with E-state index in [-0.39, 0.29) is 23.5 Å². The van der Waals surface area contributed by atoms with Gasteiger partial charge in [-0.3, -0.25) is 4.79 Å². The van der Waals surface area contributed by atoms with Crippen molar-refractivity contribution in [1.82, 2.24) is 5.32 Å². The number of amides is 1. The Morgan fingerprint density at radius 1 is 1.18 bits per heavy atom. The van der Waals surface area contributed by atoms with Gasteiger partial charge in [0.05, 0.1) is 11.1 Å². The van der Waals surface area contributed by atoms with Crippen LogP contribution in [0.2, 0.25) is 0 Å². The fraction of sp³-hybridized carbons (Fsp3) is 0.125. The summed E-state index contributed by atoms with van der Waals surface area (Å²) >= 11 is 0. The molecule has 0 saturated heterocycles. The summed E-state index contributed by atoms with van der Waals surface area (Å²) in [6.45, 7) is 0.134. The van der Waals surface area contributed by atoms with Crippen LogP contribution in [0.5, 0.6) is 5.75 Å². The highest BCUT2D eigenvalue weighted by Crippen LogP contribution is 2.21. The molecule has 5 nitrogen and oxygen atoms in total. The Bertz CT molecular complexity index is 698. The number of aromatic carboxylic acids is 1. The van der Waals surface area contributed by atoms with Gasteiger partial charge in [-0.1, -0.05) is 12.1 Å². The lowest BCUT2D eigenvalue weighted by Crippen LogP contribution is -2.19. The average molecular weight is 303 g/mol. The van der Waals surface area contributed by atoms with E-state index in [0.717, 1.165) is 11.6 Å². The standard InChI is InChI=1S/C16H14FNO4/c1-18-15(19)13-8-12(17)6-7-14(13)22-9-10-2-4-11(5-3-10)16(20)21/h2-8H,9H2,1H3,(H,18,19)(H,20,21). The van der Waals surface area contributed by atoms with E-state index < -0.39 is 17.7 Å². The first-order valence-electron chi connectivity index (χ1n) is 6.48. The van der Waals surface area contributed by atoms with Crippen LogP contribution in [0.1, 0.15) is 26.3 Å². The van der Waals surface area contributed by atoms with E-state index in [0.29, 0.717) is 0 Å². The SMILES string of the molecule is CNC(=O)c1cc(F)ccc1OCc1ccc(C(=O)O)cc1. The third-order valence-electron chi connectivity index (χ3n) is 3.01. The molecule has 0 heterocycles. The number of carboxylic acid groups (broad SMARTS) is 1. The highest BCUT2D eigenvalue weighted by atomic mass is 19.1. The highest BCUT2D eigenvalue weighted by molar-refractivity contribution is 5.96. The van der Waals surface area contributed by atoms with E-state index in [1.807, 2.05) is 0 Å². The number of carbonyl (C=O) groups excluding carboxylic acids is 1. The quantitative estimate of drug-likeness (QED) is 0.889. The molecule has 2 N–H and O–H groups in total. The number of rotatable bonds is 5. The summed E-state index contributed by atoms with van der Waals surface area (Å²) in [6, 6.07) is 9.85. The fourth-order valence-corrected chi connectivity index (χ4v) is 1.84. The first-order valence-corrected chi connectivity index (χ1v) is 6.48. The van der Waals surface area contributed by atoms with Crippen molar-refractivity contribution in [2.24, 2.45) is 0 Å². The maximum Gasteiger partial charge on any atom is 0.335 e. The summed E-state index contributed by atoms with van der Waals surface area (Å²) < 4.78 is 18.8. The second-order valence-corrected chi connectivity index (χ2v) is 4.51. The van der Waals surface area contributed by atoms with Crippen molar-refractivity contribution < 1.29 is 23.8 Å². The lowest BCUT2D eigenvalue weighted by Gasteiger charge is -2.11. The lowest BCUT2D eigenvalue weighted by molar-refractivity contribution is 0.0696. The smallest absolute Gasteiger partial charge is 0.335 e. The monoisotopic (exact) mass is 303 g/mol. The number of benzene rings is 2. The Kier molecular flexibility index (Phi) is 4.73. The molecule has 2 aromatic carbocycles. The molecule has 114 valence electrons. The maximum atomic E-state index is 13.2. The number of ether oxygens (including phenoxy) is 1. The summed E-state index contributed by atoms with van der Waals surface area (Å²) in [7, 11) is 1.45. The Morgan fingerprint density at radius 2 is 1.86 bits per heavy atom. The lowest BCUT2D eigenvalue weighted by atomic mass is 10.1. The Balaban J connectivity index is 2.14. The van der Waals surface area contributed by atoms with Crippen LogP contribution < -0.4 is 10.1 Å². The number of nitrogens with one attached hydrogen (secondary N) is 1. The number of halogens is 1. The van der Waals surface area contributed by atoms with Crippen LogP contribution in [0.25, 0.3) is 0 Å². The zero-order valence-electron chi connectivity index (χ0n) is 11.8. The second-order valence-electron chi connectivity index (χ2n) is 4.51. The minimum atomic E-state index is -1.01. The van der Waals surface area contributed by atoms with Crippen LogP contribution in [-0.2, 0) is 6.61 Å². The zero-order valence-corrected chi connectivity index (χ0v) is 11.8. The van der Waals surface area contributed by atoms with E-state index in [2.05, 4.69) is 5.32 Å². The van der Waals surface area contributed by atoms with Crippen molar-refractivity contribution in [3.63, 3.8) is 0 Å². The Labute approximate surface area is 126 Å². The third kappa shape index (κ3) is 3.60. The van der Waals surface area contributed by atoms with Gasteiger partial charge >= 0.3 is 5.97 Å². The summed E-state index contributed by atoms with van der Waals surface area (Å²) in [6.07, 6.45) is 0. The van der Waals surface area contributed by atoms with Crippen LogP contribution in [0.15, 0.2) is 42.5 Å². The van der Waals surface area contributed by atoms with Crippen molar-refractivity contribution in [3.05, 3.63) is 65.0 Å². The summed E-state index contributed by atoms with van der Waals surface area (Å²) in [5.41, 5.74) is 1.01. The molecule has 0 unspecified atom stereocenters. The minimum absolute atomic E-state index is 0.102. The third-order valence-corrected chi connectivity index (χ3v) is 3.01. The van der Waals surface area contributed by atoms with Crippen molar-refractivity contribution >= 4 is 11.9 Å². The molecule has 0 saturated carbocycles. The van der Waals surface area contributed by atoms with Crippen molar-refractivity contribution in [2.75, 3.05) is 7.05 Å². The van der Waals surface area contributed by atoms with Crippen LogP contribution in [0.4, 0.5) is 4.39 Å². The van der Waals surface area contributed by atoms with E-state index in [9.17, 15) is 14.0 Å². The van der Waals surface area contributed by atoms with Crippen molar-refractivity contribution in [1.29, 1.82) is 0 Å². The first-order chi connectivity index (χ1) is 10.5. The van der Waals surface area contributed by atoms with E-state index in [1.54, 1.807) is 12.1 Å². The fourth-order valence-electron chi connectivity index (χ4n) is 1.84. The van der Waals surface area contributed by atoms with Gasteiger partial charge in [-0.2, -0.15) is 0 Å². The van der Waals surface area contributed by atoms with Crippen LogP contribution in [0.3, 0.4) is 0 Å². The topological polar surface area (TPSA) is 75.6 Å². The molecule has 2 rings (SSSR count). The van der Waals surface area contributed by atoms with Crippen LogP contribution >= 0.6 is 0 Å². The molecule has 1 amide bonds. The van der Waals surface area contributed by atoms with E-state index in [1.165, 1.54) is 31.3 Å². The molecule has 2 aromatic rings. The Morgan fingerprint density at radius 3 is 2.45 bits per heavy atom. The molecular formula is C16H14FNO4. The molecule has 0 spiro atoms. The molecule has 0 radical (unpaired) electrons. The molecular weight excluding hydrogens is 289 g/mol.